The summed E-state index contributed by atoms with van der Waals surface area (Å²) in [7, 11) is 0. The Morgan fingerprint density at radius 3 is 2.83 bits per heavy atom. The fraction of sp³-hybridized carbons (Fsp3) is 0.357. The topological polar surface area (TPSA) is 48.1 Å². The smallest absolute Gasteiger partial charge is 0.137 e. The van der Waals surface area contributed by atoms with Crippen molar-refractivity contribution in [2.24, 2.45) is 5.73 Å². The van der Waals surface area contributed by atoms with Crippen molar-refractivity contribution in [2.75, 3.05) is 6.61 Å². The van der Waals surface area contributed by atoms with Crippen molar-refractivity contribution in [3.05, 3.63) is 45.9 Å². The van der Waals surface area contributed by atoms with Crippen molar-refractivity contribution >= 4 is 11.3 Å². The zero-order chi connectivity index (χ0) is 13.0. The van der Waals surface area contributed by atoms with E-state index in [4.69, 9.17) is 10.5 Å². The van der Waals surface area contributed by atoms with Crippen LogP contribution in [-0.4, -0.2) is 11.6 Å². The number of aromatic nitrogens is 1. The monoisotopic (exact) mass is 262 g/mol. The van der Waals surface area contributed by atoms with E-state index in [1.807, 2.05) is 13.0 Å². The lowest BCUT2D eigenvalue weighted by molar-refractivity contribution is 0.338. The molecule has 3 nitrogen and oxygen atoms in total. The summed E-state index contributed by atoms with van der Waals surface area (Å²) in [4.78, 5) is 6.70. The third-order valence-corrected chi connectivity index (χ3v) is 4.05. The highest BCUT2D eigenvalue weighted by Crippen LogP contribution is 2.28. The maximum Gasteiger partial charge on any atom is 0.137 e. The minimum absolute atomic E-state index is 0.122. The van der Waals surface area contributed by atoms with Gasteiger partial charge in [0.15, 0.2) is 0 Å². The number of nitrogens with zero attached hydrogens (tertiary/aromatic N) is 1. The zero-order valence-corrected chi connectivity index (χ0v) is 11.5. The van der Waals surface area contributed by atoms with Gasteiger partial charge in [0, 0.05) is 16.0 Å². The second-order valence-electron chi connectivity index (χ2n) is 4.02. The van der Waals surface area contributed by atoms with Crippen LogP contribution < -0.4 is 10.5 Å². The van der Waals surface area contributed by atoms with Crippen molar-refractivity contribution in [1.82, 2.24) is 4.98 Å². The minimum atomic E-state index is -0.122. The highest BCUT2D eigenvalue weighted by atomic mass is 32.1. The van der Waals surface area contributed by atoms with Crippen LogP contribution in [0.5, 0.6) is 5.75 Å². The van der Waals surface area contributed by atoms with Crippen molar-refractivity contribution in [3.8, 4) is 5.75 Å². The van der Waals surface area contributed by atoms with Gasteiger partial charge in [-0.15, -0.1) is 11.3 Å². The summed E-state index contributed by atoms with van der Waals surface area (Å²) in [5.41, 5.74) is 7.26. The first-order valence-electron chi connectivity index (χ1n) is 6.16. The lowest BCUT2D eigenvalue weighted by atomic mass is 10.1. The SMILES string of the molecule is CCOc1cncc(C(N)c2ccc(CC)s2)c1. The third-order valence-electron chi connectivity index (χ3n) is 2.74. The molecule has 1 unspecified atom stereocenters. The molecule has 2 heterocycles. The van der Waals surface area contributed by atoms with Gasteiger partial charge in [-0.2, -0.15) is 0 Å². The van der Waals surface area contributed by atoms with E-state index in [-0.39, 0.29) is 6.04 Å². The van der Waals surface area contributed by atoms with Crippen LogP contribution in [0.2, 0.25) is 0 Å². The molecule has 0 aliphatic heterocycles. The molecule has 0 saturated carbocycles. The molecule has 2 aromatic heterocycles. The van der Waals surface area contributed by atoms with Crippen LogP contribution in [0.15, 0.2) is 30.6 Å². The van der Waals surface area contributed by atoms with Gasteiger partial charge >= 0.3 is 0 Å². The molecule has 0 aliphatic rings. The summed E-state index contributed by atoms with van der Waals surface area (Å²) in [6.07, 6.45) is 4.57. The Hall–Kier alpha value is -1.39. The van der Waals surface area contributed by atoms with Gasteiger partial charge in [-0.3, -0.25) is 4.98 Å². The van der Waals surface area contributed by atoms with Gasteiger partial charge in [-0.25, -0.2) is 0 Å². The lowest BCUT2D eigenvalue weighted by Gasteiger charge is -2.11. The van der Waals surface area contributed by atoms with Gasteiger partial charge in [0.05, 0.1) is 18.8 Å². The molecule has 0 bridgehead atoms. The highest BCUT2D eigenvalue weighted by molar-refractivity contribution is 7.12. The summed E-state index contributed by atoms with van der Waals surface area (Å²) >= 11 is 1.76. The maximum absolute atomic E-state index is 6.26. The average molecular weight is 262 g/mol. The standard InChI is InChI=1S/C14H18N2OS/c1-3-12-5-6-13(18-12)14(15)10-7-11(17-4-2)9-16-8-10/h5-9,14H,3-4,15H2,1-2H3. The molecule has 2 rings (SSSR count). The molecule has 0 saturated heterocycles. The van der Waals surface area contributed by atoms with Crippen LogP contribution in [0, 0.1) is 0 Å². The first-order chi connectivity index (χ1) is 8.74. The summed E-state index contributed by atoms with van der Waals surface area (Å²) in [6, 6.07) is 6.08. The van der Waals surface area contributed by atoms with Crippen LogP contribution >= 0.6 is 11.3 Å². The van der Waals surface area contributed by atoms with Gasteiger partial charge < -0.3 is 10.5 Å². The van der Waals surface area contributed by atoms with Crippen molar-refractivity contribution in [2.45, 2.75) is 26.3 Å². The quantitative estimate of drug-likeness (QED) is 0.900. The summed E-state index contributed by atoms with van der Waals surface area (Å²) in [6.45, 7) is 4.75. The molecule has 4 heteroatoms. The van der Waals surface area contributed by atoms with E-state index in [0.29, 0.717) is 6.61 Å². The third kappa shape index (κ3) is 2.89. The number of aryl methyl sites for hydroxylation is 1. The summed E-state index contributed by atoms with van der Waals surface area (Å²) in [5.74, 6) is 0.776. The Morgan fingerprint density at radius 2 is 2.17 bits per heavy atom. The largest absolute Gasteiger partial charge is 0.492 e. The van der Waals surface area contributed by atoms with Gasteiger partial charge in [0.2, 0.25) is 0 Å². The normalized spacial score (nSPS) is 12.4. The van der Waals surface area contributed by atoms with E-state index in [1.165, 1.54) is 9.75 Å². The molecule has 0 spiro atoms. The molecule has 0 radical (unpaired) electrons. The maximum atomic E-state index is 6.26. The number of ether oxygens (including phenoxy) is 1. The Kier molecular flexibility index (Phi) is 4.33. The first kappa shape index (κ1) is 13.1. The van der Waals surface area contributed by atoms with Crippen LogP contribution in [-0.2, 0) is 6.42 Å². The van der Waals surface area contributed by atoms with Crippen LogP contribution in [0.1, 0.15) is 35.2 Å². The van der Waals surface area contributed by atoms with Crippen molar-refractivity contribution in [3.63, 3.8) is 0 Å². The first-order valence-corrected chi connectivity index (χ1v) is 6.98. The molecule has 0 aromatic carbocycles. The van der Waals surface area contributed by atoms with Gasteiger partial charge in [-0.05, 0) is 37.1 Å². The Bertz CT molecular complexity index is 510. The van der Waals surface area contributed by atoms with Crippen molar-refractivity contribution < 1.29 is 4.74 Å². The number of hydrogen-bond acceptors (Lipinski definition) is 4. The molecule has 1 atom stereocenters. The van der Waals surface area contributed by atoms with Gasteiger partial charge in [0.1, 0.15) is 5.75 Å². The van der Waals surface area contributed by atoms with Crippen LogP contribution in [0.25, 0.3) is 0 Å². The molecule has 0 amide bonds. The van der Waals surface area contributed by atoms with E-state index in [1.54, 1.807) is 23.7 Å². The molecular weight excluding hydrogens is 244 g/mol. The van der Waals surface area contributed by atoms with Gasteiger partial charge in [0.25, 0.3) is 0 Å². The van der Waals surface area contributed by atoms with Crippen LogP contribution in [0.4, 0.5) is 0 Å². The van der Waals surface area contributed by atoms with E-state index in [2.05, 4.69) is 24.0 Å². The average Bonchev–Trinajstić information content (AvgIpc) is 2.87. The summed E-state index contributed by atoms with van der Waals surface area (Å²) < 4.78 is 5.44. The number of hydrogen-bond donors (Lipinski definition) is 1. The minimum Gasteiger partial charge on any atom is -0.492 e. The fourth-order valence-electron chi connectivity index (χ4n) is 1.77. The molecule has 96 valence electrons. The van der Waals surface area contributed by atoms with E-state index < -0.39 is 0 Å². The Labute approximate surface area is 112 Å². The molecule has 18 heavy (non-hydrogen) atoms. The Morgan fingerprint density at radius 1 is 1.33 bits per heavy atom. The van der Waals surface area contributed by atoms with E-state index in [0.717, 1.165) is 17.7 Å². The number of nitrogens with two attached hydrogens (primary N) is 1. The number of thiophene rings is 1. The highest BCUT2D eigenvalue weighted by Gasteiger charge is 2.12. The molecule has 0 fully saturated rings. The zero-order valence-electron chi connectivity index (χ0n) is 10.7. The number of rotatable bonds is 5. The van der Waals surface area contributed by atoms with E-state index >= 15 is 0 Å². The lowest BCUT2D eigenvalue weighted by Crippen LogP contribution is -2.10. The van der Waals surface area contributed by atoms with E-state index in [9.17, 15) is 0 Å². The second-order valence-corrected chi connectivity index (χ2v) is 5.22. The molecule has 2 aromatic rings. The van der Waals surface area contributed by atoms with Crippen molar-refractivity contribution in [1.29, 1.82) is 0 Å². The predicted octanol–water partition coefficient (Wildman–Crippen LogP) is 3.15. The molecule has 0 aliphatic carbocycles. The summed E-state index contributed by atoms with van der Waals surface area (Å²) in [5, 5.41) is 0. The molecular formula is C14H18N2OS. The second kappa shape index (κ2) is 5.98. The molecule has 2 N–H and O–H groups in total. The fourth-order valence-corrected chi connectivity index (χ4v) is 2.75. The van der Waals surface area contributed by atoms with Gasteiger partial charge in [-0.1, -0.05) is 6.92 Å². The Balaban J connectivity index is 2.21. The number of pyridine rings is 1. The predicted molar refractivity (Wildman–Crippen MR) is 75.1 cm³/mol. The van der Waals surface area contributed by atoms with Crippen LogP contribution in [0.3, 0.4) is 0 Å².